The molecule has 9 rings (SSSR count). The van der Waals surface area contributed by atoms with E-state index in [1.54, 1.807) is 24.3 Å². The number of rotatable bonds is 8. The highest BCUT2D eigenvalue weighted by molar-refractivity contribution is 7.87. The van der Waals surface area contributed by atoms with Crippen molar-refractivity contribution in [1.82, 2.24) is 14.7 Å². The maximum atomic E-state index is 13.8. The lowest BCUT2D eigenvalue weighted by molar-refractivity contribution is -0.385. The summed E-state index contributed by atoms with van der Waals surface area (Å²) in [5.74, 6) is 1.66. The van der Waals surface area contributed by atoms with Crippen molar-refractivity contribution < 1.29 is 26.7 Å². The van der Waals surface area contributed by atoms with E-state index in [2.05, 4.69) is 14.7 Å². The molecular formula is C43H37FN8O6S. The van der Waals surface area contributed by atoms with E-state index in [1.807, 2.05) is 66.2 Å². The summed E-state index contributed by atoms with van der Waals surface area (Å²) < 4.78 is 54.1. The molecule has 0 spiro atoms. The number of fused-ring (bicyclic) bond motifs is 4. The molecule has 0 unspecified atom stereocenters. The quantitative estimate of drug-likeness (QED) is 0.0847. The Morgan fingerprint density at radius 3 is 2.22 bits per heavy atom. The van der Waals surface area contributed by atoms with Crippen LogP contribution in [0.25, 0.3) is 5.69 Å². The van der Waals surface area contributed by atoms with Gasteiger partial charge in [-0.1, -0.05) is 42.5 Å². The van der Waals surface area contributed by atoms with Crippen molar-refractivity contribution in [1.29, 1.82) is 0 Å². The van der Waals surface area contributed by atoms with Gasteiger partial charge in [-0.3, -0.25) is 10.1 Å². The summed E-state index contributed by atoms with van der Waals surface area (Å²) in [6, 6.07) is 32.2. The lowest BCUT2D eigenvalue weighted by atomic mass is 9.93. The fourth-order valence-corrected chi connectivity index (χ4v) is 8.80. The Bertz CT molecular complexity index is 2800. The average molecular weight is 813 g/mol. The largest absolute Gasteiger partial charge is 0.493 e. The standard InChI is InChI=1S/C43H37FN8O6S/c1-27-13-19-33(26-36(27)52(53)54)59(55,56)58-37-20-14-29(25-38(37)57-3)40-39-28(2)47-51(32-9-5-4-6-10-32)41(39)46-43-42(45-34-11-7-8-12-35(34)50(40)43)49-23-21-48(22-24-49)31-17-15-30(44)16-18-31/h4-20,25-26,40H,21-24H2,1-3H3/t40-/m1/s1. The van der Waals surface area contributed by atoms with Gasteiger partial charge in [0.15, 0.2) is 29.0 Å². The van der Waals surface area contributed by atoms with Gasteiger partial charge in [-0.2, -0.15) is 13.5 Å². The highest BCUT2D eigenvalue weighted by Gasteiger charge is 2.43. The number of para-hydroxylation sites is 3. The minimum absolute atomic E-state index is 0.0959. The van der Waals surface area contributed by atoms with Crippen LogP contribution < -0.4 is 18.7 Å². The van der Waals surface area contributed by atoms with Crippen molar-refractivity contribution in [2.45, 2.75) is 24.8 Å². The van der Waals surface area contributed by atoms with E-state index in [0.29, 0.717) is 49.2 Å². The highest BCUT2D eigenvalue weighted by Crippen LogP contribution is 2.49. The second kappa shape index (κ2) is 14.7. The number of amidine groups is 2. The van der Waals surface area contributed by atoms with Gasteiger partial charge >= 0.3 is 10.1 Å². The van der Waals surface area contributed by atoms with Gasteiger partial charge in [-0.15, -0.1) is 0 Å². The summed E-state index contributed by atoms with van der Waals surface area (Å²) in [5, 5.41) is 16.6. The van der Waals surface area contributed by atoms with E-state index >= 15 is 0 Å². The minimum atomic E-state index is -4.51. The maximum Gasteiger partial charge on any atom is 0.339 e. The zero-order valence-electron chi connectivity index (χ0n) is 32.2. The van der Waals surface area contributed by atoms with Crippen LogP contribution in [-0.4, -0.2) is 73.0 Å². The van der Waals surface area contributed by atoms with Crippen molar-refractivity contribution in [2.24, 2.45) is 9.98 Å². The van der Waals surface area contributed by atoms with Crippen LogP contribution >= 0.6 is 0 Å². The summed E-state index contributed by atoms with van der Waals surface area (Å²) >= 11 is 0. The van der Waals surface area contributed by atoms with Gasteiger partial charge in [0.1, 0.15) is 10.7 Å². The molecule has 4 heterocycles. The molecule has 5 aromatic carbocycles. The molecule has 6 aromatic rings. The Morgan fingerprint density at radius 1 is 0.780 bits per heavy atom. The SMILES string of the molecule is COc1cc([C@@H]2c3c(C)nn(-c4ccccc4)c3N=C3C(N4CCN(c5ccc(F)cc5)CC4)=Nc4ccccc4N32)ccc1OS(=O)(=O)c1ccc(C)c([N+](=O)[O-])c1. The van der Waals surface area contributed by atoms with Crippen LogP contribution in [0.4, 0.5) is 33.0 Å². The minimum Gasteiger partial charge on any atom is -0.493 e. The van der Waals surface area contributed by atoms with E-state index in [-0.39, 0.29) is 27.9 Å². The Hall–Kier alpha value is -7.07. The predicted octanol–water partition coefficient (Wildman–Crippen LogP) is 7.82. The number of nitro groups is 1. The highest BCUT2D eigenvalue weighted by atomic mass is 32.2. The molecule has 298 valence electrons. The third-order valence-corrected chi connectivity index (χ3v) is 12.0. The van der Waals surface area contributed by atoms with Crippen molar-refractivity contribution in [3.05, 3.63) is 154 Å². The molecule has 1 atom stereocenters. The number of hydrogen-bond donors (Lipinski definition) is 0. The van der Waals surface area contributed by atoms with Crippen LogP contribution in [0.2, 0.25) is 0 Å². The number of halogens is 1. The van der Waals surface area contributed by atoms with Gasteiger partial charge in [0.05, 0.1) is 40.8 Å². The fourth-order valence-electron chi connectivity index (χ4n) is 7.83. The molecule has 0 radical (unpaired) electrons. The number of nitro benzene ring substituents is 1. The monoisotopic (exact) mass is 812 g/mol. The number of piperazine rings is 1. The summed E-state index contributed by atoms with van der Waals surface area (Å²) in [6.07, 6.45) is 0. The van der Waals surface area contributed by atoms with Gasteiger partial charge in [0.2, 0.25) is 0 Å². The first kappa shape index (κ1) is 37.5. The Morgan fingerprint density at radius 2 is 1.49 bits per heavy atom. The van der Waals surface area contributed by atoms with Crippen molar-refractivity contribution in [2.75, 3.05) is 43.1 Å². The molecule has 1 aromatic heterocycles. The second-order valence-electron chi connectivity index (χ2n) is 14.3. The van der Waals surface area contributed by atoms with Gasteiger partial charge in [-0.05, 0) is 86.1 Å². The van der Waals surface area contributed by atoms with Crippen LogP contribution in [0.5, 0.6) is 11.5 Å². The first-order valence-corrected chi connectivity index (χ1v) is 20.3. The molecule has 59 heavy (non-hydrogen) atoms. The zero-order valence-corrected chi connectivity index (χ0v) is 33.0. The summed E-state index contributed by atoms with van der Waals surface area (Å²) in [5.41, 5.74) is 5.57. The number of hydrogen-bond acceptors (Lipinski definition) is 12. The van der Waals surface area contributed by atoms with Crippen LogP contribution in [0.3, 0.4) is 0 Å². The Balaban J connectivity index is 1.15. The Kier molecular flexibility index (Phi) is 9.35. The molecule has 1 fully saturated rings. The summed E-state index contributed by atoms with van der Waals surface area (Å²) in [7, 11) is -3.09. The third kappa shape index (κ3) is 6.70. The van der Waals surface area contributed by atoms with Crippen LogP contribution in [0, 0.1) is 29.8 Å². The first-order chi connectivity index (χ1) is 28.5. The molecule has 0 amide bonds. The lowest BCUT2D eigenvalue weighted by Crippen LogP contribution is -2.55. The topological polar surface area (TPSA) is 148 Å². The molecule has 3 aliphatic heterocycles. The van der Waals surface area contributed by atoms with E-state index in [9.17, 15) is 22.9 Å². The molecule has 0 aliphatic carbocycles. The van der Waals surface area contributed by atoms with Crippen molar-refractivity contribution >= 4 is 50.4 Å². The Labute approximate surface area is 339 Å². The molecule has 16 heteroatoms. The molecule has 1 saturated heterocycles. The number of ether oxygens (including phenoxy) is 1. The van der Waals surface area contributed by atoms with Gasteiger partial charge in [0.25, 0.3) is 5.69 Å². The number of aryl methyl sites for hydroxylation is 2. The molecule has 0 bridgehead atoms. The zero-order chi connectivity index (χ0) is 41.0. The summed E-state index contributed by atoms with van der Waals surface area (Å²) in [4.78, 5) is 27.8. The van der Waals surface area contributed by atoms with Gasteiger partial charge in [0, 0.05) is 49.1 Å². The van der Waals surface area contributed by atoms with Crippen LogP contribution in [-0.2, 0) is 10.1 Å². The number of anilines is 2. The van der Waals surface area contributed by atoms with E-state index in [0.717, 1.165) is 45.6 Å². The molecule has 0 saturated carbocycles. The molecule has 0 N–H and O–H groups in total. The summed E-state index contributed by atoms with van der Waals surface area (Å²) in [6.45, 7) is 6.06. The first-order valence-electron chi connectivity index (χ1n) is 18.8. The lowest BCUT2D eigenvalue weighted by Gasteiger charge is -2.44. The number of methoxy groups -OCH3 is 1. The van der Waals surface area contributed by atoms with E-state index in [4.69, 9.17) is 24.0 Å². The van der Waals surface area contributed by atoms with Crippen LogP contribution in [0.1, 0.15) is 28.4 Å². The number of benzene rings is 5. The normalized spacial score (nSPS) is 16.1. The molecular weight excluding hydrogens is 776 g/mol. The van der Waals surface area contributed by atoms with E-state index < -0.39 is 21.1 Å². The van der Waals surface area contributed by atoms with Crippen molar-refractivity contribution in [3.8, 4) is 17.2 Å². The molecule has 3 aliphatic rings. The average Bonchev–Trinajstić information content (AvgIpc) is 3.58. The van der Waals surface area contributed by atoms with Gasteiger partial charge in [-0.25, -0.2) is 19.1 Å². The number of aliphatic imine (C=N–C) groups is 2. The van der Waals surface area contributed by atoms with E-state index in [1.165, 1.54) is 44.4 Å². The van der Waals surface area contributed by atoms with Gasteiger partial charge < -0.3 is 23.6 Å². The maximum absolute atomic E-state index is 13.8. The third-order valence-electron chi connectivity index (χ3n) is 10.8. The fraction of sp³-hybridized carbons (Fsp3) is 0.186. The smallest absolute Gasteiger partial charge is 0.339 e. The number of nitrogens with zero attached hydrogens (tertiary/aromatic N) is 8. The second-order valence-corrected chi connectivity index (χ2v) is 15.9. The van der Waals surface area contributed by atoms with Crippen LogP contribution in [0.15, 0.2) is 130 Å². The van der Waals surface area contributed by atoms with Crippen molar-refractivity contribution in [3.63, 3.8) is 0 Å². The predicted molar refractivity (Wildman–Crippen MR) is 222 cm³/mol. The number of aromatic nitrogens is 2. The molecule has 14 nitrogen and oxygen atoms in total.